The Labute approximate surface area is 163 Å². The summed E-state index contributed by atoms with van der Waals surface area (Å²) in [4.78, 5) is 0. The highest BCUT2D eigenvalue weighted by Gasteiger charge is 2.15. The minimum absolute atomic E-state index is 0.689. The maximum atomic E-state index is 6.02. The van der Waals surface area contributed by atoms with E-state index in [1.54, 1.807) is 11.8 Å². The van der Waals surface area contributed by atoms with Crippen molar-refractivity contribution >= 4 is 23.4 Å². The normalized spacial score (nSPS) is 11.2. The molecule has 0 N–H and O–H groups in total. The lowest BCUT2D eigenvalue weighted by Gasteiger charge is -2.10. The summed E-state index contributed by atoms with van der Waals surface area (Å²) in [7, 11) is 0. The third-order valence-electron chi connectivity index (χ3n) is 4.07. The van der Waals surface area contributed by atoms with Gasteiger partial charge < -0.3 is 9.09 Å². The Morgan fingerprint density at radius 3 is 2.62 bits per heavy atom. The first-order valence-corrected chi connectivity index (χ1v) is 10.3. The Balaban J connectivity index is 1.79. The fraction of sp³-hybridized carbons (Fsp3) is 0.421. The van der Waals surface area contributed by atoms with Gasteiger partial charge in [-0.1, -0.05) is 54.7 Å². The molecule has 0 aliphatic carbocycles. The van der Waals surface area contributed by atoms with Crippen LogP contribution in [0.2, 0.25) is 5.02 Å². The number of halogens is 1. The molecule has 26 heavy (non-hydrogen) atoms. The van der Waals surface area contributed by atoms with E-state index < -0.39 is 0 Å². The van der Waals surface area contributed by atoms with E-state index >= 15 is 0 Å². The lowest BCUT2D eigenvalue weighted by molar-refractivity contribution is 0.391. The predicted octanol–water partition coefficient (Wildman–Crippen LogP) is 5.77. The number of hydrogen-bond acceptors (Lipinski definition) is 5. The SMILES string of the molecule is CCCCCCn1c(SCc2cc(C)no2)nnc1-c1ccc(Cl)cc1. The van der Waals surface area contributed by atoms with Crippen LogP contribution in [0, 0.1) is 6.92 Å². The molecule has 0 aliphatic rings. The van der Waals surface area contributed by atoms with Crippen molar-refractivity contribution in [2.24, 2.45) is 0 Å². The molecule has 0 saturated carbocycles. The molecule has 3 aromatic rings. The topological polar surface area (TPSA) is 56.7 Å². The van der Waals surface area contributed by atoms with Crippen molar-refractivity contribution in [3.8, 4) is 11.4 Å². The van der Waals surface area contributed by atoms with Gasteiger partial charge in [-0.15, -0.1) is 10.2 Å². The largest absolute Gasteiger partial charge is 0.360 e. The molecule has 1 aromatic carbocycles. The summed E-state index contributed by atoms with van der Waals surface area (Å²) < 4.78 is 7.50. The van der Waals surface area contributed by atoms with Gasteiger partial charge in [0.1, 0.15) is 5.76 Å². The number of hydrogen-bond donors (Lipinski definition) is 0. The second-order valence-electron chi connectivity index (χ2n) is 6.25. The van der Waals surface area contributed by atoms with E-state index in [1.807, 2.05) is 37.3 Å². The lowest BCUT2D eigenvalue weighted by atomic mass is 10.2. The molecule has 0 aliphatic heterocycles. The van der Waals surface area contributed by atoms with Crippen molar-refractivity contribution in [1.29, 1.82) is 0 Å². The first-order chi connectivity index (χ1) is 12.7. The molecular formula is C19H23ClN4OS. The summed E-state index contributed by atoms with van der Waals surface area (Å²) >= 11 is 7.64. The first kappa shape index (κ1) is 19.0. The van der Waals surface area contributed by atoms with E-state index in [1.165, 1.54) is 19.3 Å². The fourth-order valence-electron chi connectivity index (χ4n) is 2.73. The van der Waals surface area contributed by atoms with E-state index in [2.05, 4.69) is 26.8 Å². The van der Waals surface area contributed by atoms with Crippen LogP contribution in [0.3, 0.4) is 0 Å². The van der Waals surface area contributed by atoms with Crippen LogP contribution in [0.4, 0.5) is 0 Å². The van der Waals surface area contributed by atoms with Crippen molar-refractivity contribution in [2.45, 2.75) is 57.0 Å². The highest BCUT2D eigenvalue weighted by atomic mass is 35.5. The number of rotatable bonds is 9. The maximum Gasteiger partial charge on any atom is 0.191 e. The molecular weight excluding hydrogens is 368 g/mol. The zero-order valence-corrected chi connectivity index (χ0v) is 16.7. The molecule has 2 aromatic heterocycles. The van der Waals surface area contributed by atoms with Gasteiger partial charge >= 0.3 is 0 Å². The number of unbranched alkanes of at least 4 members (excludes halogenated alkanes) is 3. The van der Waals surface area contributed by atoms with Crippen molar-refractivity contribution < 1.29 is 4.52 Å². The van der Waals surface area contributed by atoms with E-state index in [4.69, 9.17) is 16.1 Å². The van der Waals surface area contributed by atoms with Gasteiger partial charge in [-0.25, -0.2) is 0 Å². The zero-order chi connectivity index (χ0) is 18.4. The van der Waals surface area contributed by atoms with Crippen LogP contribution in [0.1, 0.15) is 44.1 Å². The molecule has 7 heteroatoms. The van der Waals surface area contributed by atoms with Crippen molar-refractivity contribution in [1.82, 2.24) is 19.9 Å². The number of benzene rings is 1. The molecule has 3 rings (SSSR count). The quantitative estimate of drug-likeness (QED) is 0.343. The second kappa shape index (κ2) is 9.24. The molecule has 0 saturated heterocycles. The van der Waals surface area contributed by atoms with E-state index in [0.29, 0.717) is 5.75 Å². The van der Waals surface area contributed by atoms with E-state index in [9.17, 15) is 0 Å². The average molecular weight is 391 g/mol. The van der Waals surface area contributed by atoms with Gasteiger partial charge in [-0.2, -0.15) is 0 Å². The van der Waals surface area contributed by atoms with Crippen LogP contribution < -0.4 is 0 Å². The van der Waals surface area contributed by atoms with Crippen LogP contribution in [-0.4, -0.2) is 19.9 Å². The van der Waals surface area contributed by atoms with Gasteiger partial charge in [0, 0.05) is 23.2 Å². The van der Waals surface area contributed by atoms with Crippen LogP contribution in [-0.2, 0) is 12.3 Å². The van der Waals surface area contributed by atoms with Gasteiger partial charge in [-0.05, 0) is 37.6 Å². The van der Waals surface area contributed by atoms with Crippen molar-refractivity contribution in [2.75, 3.05) is 0 Å². The fourth-order valence-corrected chi connectivity index (χ4v) is 3.69. The summed E-state index contributed by atoms with van der Waals surface area (Å²) in [6.07, 6.45) is 4.79. The molecule has 5 nitrogen and oxygen atoms in total. The minimum atomic E-state index is 0.689. The Morgan fingerprint density at radius 2 is 1.92 bits per heavy atom. The molecule has 0 amide bonds. The Bertz CT molecular complexity index is 828. The summed E-state index contributed by atoms with van der Waals surface area (Å²) in [5.74, 6) is 2.42. The molecule has 0 spiro atoms. The van der Waals surface area contributed by atoms with Crippen molar-refractivity contribution in [3.05, 3.63) is 46.8 Å². The Kier molecular flexibility index (Phi) is 6.74. The highest BCUT2D eigenvalue weighted by Crippen LogP contribution is 2.28. The molecule has 138 valence electrons. The third-order valence-corrected chi connectivity index (χ3v) is 5.32. The molecule has 2 heterocycles. The average Bonchev–Trinajstić information content (AvgIpc) is 3.24. The molecule has 0 atom stereocenters. The summed E-state index contributed by atoms with van der Waals surface area (Å²) in [6.45, 7) is 5.05. The summed E-state index contributed by atoms with van der Waals surface area (Å²) in [5.41, 5.74) is 1.92. The maximum absolute atomic E-state index is 6.02. The summed E-state index contributed by atoms with van der Waals surface area (Å²) in [6, 6.07) is 9.70. The van der Waals surface area contributed by atoms with Gasteiger partial charge in [0.15, 0.2) is 11.0 Å². The van der Waals surface area contributed by atoms with Gasteiger partial charge in [0.25, 0.3) is 0 Å². The minimum Gasteiger partial charge on any atom is -0.360 e. The second-order valence-corrected chi connectivity index (χ2v) is 7.63. The standard InChI is InChI=1S/C19H23ClN4OS/c1-3-4-5-6-11-24-18(15-7-9-16(20)10-8-15)21-22-19(24)26-13-17-12-14(2)23-25-17/h7-10,12H,3-6,11,13H2,1-2H3. The molecule has 0 fully saturated rings. The predicted molar refractivity (Wildman–Crippen MR) is 105 cm³/mol. The van der Waals surface area contributed by atoms with Gasteiger partial charge in [0.05, 0.1) is 11.4 Å². The van der Waals surface area contributed by atoms with Crippen LogP contribution in [0.5, 0.6) is 0 Å². The van der Waals surface area contributed by atoms with E-state index in [-0.39, 0.29) is 0 Å². The highest BCUT2D eigenvalue weighted by molar-refractivity contribution is 7.98. The molecule has 0 bridgehead atoms. The smallest absolute Gasteiger partial charge is 0.191 e. The van der Waals surface area contributed by atoms with Gasteiger partial charge in [0.2, 0.25) is 0 Å². The number of aromatic nitrogens is 4. The molecule has 0 unspecified atom stereocenters. The zero-order valence-electron chi connectivity index (χ0n) is 15.1. The summed E-state index contributed by atoms with van der Waals surface area (Å²) in [5, 5.41) is 14.4. The Morgan fingerprint density at radius 1 is 1.12 bits per heavy atom. The van der Waals surface area contributed by atoms with E-state index in [0.717, 1.165) is 46.0 Å². The lowest BCUT2D eigenvalue weighted by Crippen LogP contribution is -2.03. The van der Waals surface area contributed by atoms with Gasteiger partial charge in [-0.3, -0.25) is 0 Å². The number of thioether (sulfide) groups is 1. The third kappa shape index (κ3) is 4.89. The monoisotopic (exact) mass is 390 g/mol. The first-order valence-electron chi connectivity index (χ1n) is 8.91. The molecule has 0 radical (unpaired) electrons. The van der Waals surface area contributed by atoms with Crippen LogP contribution >= 0.6 is 23.4 Å². The number of nitrogens with zero attached hydrogens (tertiary/aromatic N) is 4. The number of aryl methyl sites for hydroxylation is 1. The van der Waals surface area contributed by atoms with Crippen LogP contribution in [0.15, 0.2) is 40.0 Å². The Hall–Kier alpha value is -1.79. The van der Waals surface area contributed by atoms with Crippen LogP contribution in [0.25, 0.3) is 11.4 Å². The van der Waals surface area contributed by atoms with Crippen molar-refractivity contribution in [3.63, 3.8) is 0 Å².